The second kappa shape index (κ2) is 8.07. The SMILES string of the molecule is CC(=O)O.Cc1cc(C)c(OC(=O)CI)c(C)c1. The standard InChI is InChI=1S/C11H13IO2.C2H4O2/c1-7-4-8(2)11(9(3)5-7)14-10(13)6-12;1-2(3)4/h4-5H,6H2,1-3H3;1H3,(H,3,4). The summed E-state index contributed by atoms with van der Waals surface area (Å²) in [6.45, 7) is 7.02. The van der Waals surface area contributed by atoms with Crippen molar-refractivity contribution in [2.24, 2.45) is 0 Å². The Hall–Kier alpha value is -1.11. The molecule has 1 N–H and O–H groups in total. The second-order valence-electron chi connectivity index (χ2n) is 3.85. The van der Waals surface area contributed by atoms with E-state index in [9.17, 15) is 4.79 Å². The summed E-state index contributed by atoms with van der Waals surface area (Å²) in [6.07, 6.45) is 0. The van der Waals surface area contributed by atoms with Crippen LogP contribution in [-0.4, -0.2) is 21.5 Å². The van der Waals surface area contributed by atoms with Crippen molar-refractivity contribution >= 4 is 34.5 Å². The molecule has 5 heteroatoms. The van der Waals surface area contributed by atoms with E-state index >= 15 is 0 Å². The summed E-state index contributed by atoms with van der Waals surface area (Å²) < 4.78 is 5.61. The van der Waals surface area contributed by atoms with E-state index in [1.165, 1.54) is 5.56 Å². The van der Waals surface area contributed by atoms with Crippen molar-refractivity contribution in [3.05, 3.63) is 28.8 Å². The van der Waals surface area contributed by atoms with Crippen LogP contribution in [0, 0.1) is 20.8 Å². The lowest BCUT2D eigenvalue weighted by atomic mass is 10.1. The normalized spacial score (nSPS) is 9.17. The average molecular weight is 364 g/mol. The highest BCUT2D eigenvalue weighted by Crippen LogP contribution is 2.24. The van der Waals surface area contributed by atoms with Gasteiger partial charge in [-0.1, -0.05) is 40.3 Å². The summed E-state index contributed by atoms with van der Waals surface area (Å²) in [6, 6.07) is 4.03. The molecule has 0 fully saturated rings. The van der Waals surface area contributed by atoms with Gasteiger partial charge in [0.15, 0.2) is 0 Å². The molecule has 0 spiro atoms. The maximum Gasteiger partial charge on any atom is 0.321 e. The van der Waals surface area contributed by atoms with Gasteiger partial charge in [-0.3, -0.25) is 9.59 Å². The van der Waals surface area contributed by atoms with Gasteiger partial charge < -0.3 is 9.84 Å². The van der Waals surface area contributed by atoms with E-state index in [1.54, 1.807) is 0 Å². The predicted molar refractivity (Wildman–Crippen MR) is 78.5 cm³/mol. The van der Waals surface area contributed by atoms with Gasteiger partial charge in [0, 0.05) is 6.92 Å². The van der Waals surface area contributed by atoms with E-state index in [0.717, 1.165) is 18.1 Å². The monoisotopic (exact) mass is 364 g/mol. The van der Waals surface area contributed by atoms with Gasteiger partial charge in [0.25, 0.3) is 5.97 Å². The fourth-order valence-corrected chi connectivity index (χ4v) is 1.62. The number of esters is 1. The molecule has 100 valence electrons. The third-order valence-corrected chi connectivity index (χ3v) is 2.55. The van der Waals surface area contributed by atoms with E-state index in [4.69, 9.17) is 14.6 Å². The highest BCUT2D eigenvalue weighted by Gasteiger charge is 2.08. The van der Waals surface area contributed by atoms with Crippen LogP contribution in [-0.2, 0) is 9.59 Å². The Bertz CT molecular complexity index is 414. The van der Waals surface area contributed by atoms with Crippen molar-refractivity contribution in [1.82, 2.24) is 0 Å². The molecule has 18 heavy (non-hydrogen) atoms. The minimum atomic E-state index is -0.833. The van der Waals surface area contributed by atoms with Crippen LogP contribution in [0.1, 0.15) is 23.6 Å². The number of carboxylic acid groups (broad SMARTS) is 1. The lowest BCUT2D eigenvalue weighted by Gasteiger charge is -2.10. The molecule has 1 rings (SSSR count). The highest BCUT2D eigenvalue weighted by molar-refractivity contribution is 14.1. The molecule has 0 unspecified atom stereocenters. The lowest BCUT2D eigenvalue weighted by molar-refractivity contribution is -0.134. The second-order valence-corrected chi connectivity index (χ2v) is 4.62. The predicted octanol–water partition coefficient (Wildman–Crippen LogP) is 3.04. The van der Waals surface area contributed by atoms with Crippen LogP contribution >= 0.6 is 22.6 Å². The molecule has 0 atom stereocenters. The molecule has 0 saturated heterocycles. The van der Waals surface area contributed by atoms with Crippen molar-refractivity contribution in [2.75, 3.05) is 4.43 Å². The zero-order chi connectivity index (χ0) is 14.3. The lowest BCUT2D eigenvalue weighted by Crippen LogP contribution is -2.10. The van der Waals surface area contributed by atoms with Crippen LogP contribution in [0.3, 0.4) is 0 Å². The number of carbonyl (C=O) groups is 2. The first-order chi connectivity index (χ1) is 8.27. The number of hydrogen-bond donors (Lipinski definition) is 1. The van der Waals surface area contributed by atoms with Gasteiger partial charge in [-0.25, -0.2) is 0 Å². The van der Waals surface area contributed by atoms with Gasteiger partial charge in [0.2, 0.25) is 0 Å². The van der Waals surface area contributed by atoms with E-state index in [2.05, 4.69) is 0 Å². The van der Waals surface area contributed by atoms with Crippen LogP contribution in [0.2, 0.25) is 0 Å². The minimum Gasteiger partial charge on any atom is -0.481 e. The van der Waals surface area contributed by atoms with E-state index in [0.29, 0.717) is 10.2 Å². The summed E-state index contributed by atoms with van der Waals surface area (Å²) in [5.41, 5.74) is 3.22. The number of carbonyl (C=O) groups excluding carboxylic acids is 1. The Balaban J connectivity index is 0.000000631. The number of carboxylic acids is 1. The first-order valence-corrected chi connectivity index (χ1v) is 6.84. The molecule has 0 saturated carbocycles. The molecule has 0 aliphatic heterocycles. The molecule has 0 aliphatic rings. The van der Waals surface area contributed by atoms with Gasteiger partial charge in [0.1, 0.15) is 5.75 Å². The van der Waals surface area contributed by atoms with Crippen molar-refractivity contribution in [3.8, 4) is 5.75 Å². The van der Waals surface area contributed by atoms with E-state index < -0.39 is 5.97 Å². The minimum absolute atomic E-state index is 0.194. The van der Waals surface area contributed by atoms with Crippen LogP contribution in [0.25, 0.3) is 0 Å². The molecule has 0 aromatic heterocycles. The zero-order valence-electron chi connectivity index (χ0n) is 10.9. The number of aryl methyl sites for hydroxylation is 3. The fourth-order valence-electron chi connectivity index (χ4n) is 1.47. The highest BCUT2D eigenvalue weighted by atomic mass is 127. The van der Waals surface area contributed by atoms with Gasteiger partial charge >= 0.3 is 5.97 Å². The topological polar surface area (TPSA) is 63.6 Å². The van der Waals surface area contributed by atoms with Gasteiger partial charge in [-0.15, -0.1) is 0 Å². The van der Waals surface area contributed by atoms with Gasteiger partial charge in [-0.2, -0.15) is 0 Å². The Morgan fingerprint density at radius 1 is 1.22 bits per heavy atom. The maximum absolute atomic E-state index is 11.1. The molecular weight excluding hydrogens is 347 g/mol. The van der Waals surface area contributed by atoms with Crippen molar-refractivity contribution in [1.29, 1.82) is 0 Å². The molecule has 0 amide bonds. The summed E-state index contributed by atoms with van der Waals surface area (Å²) in [5, 5.41) is 7.42. The number of alkyl halides is 1. The van der Waals surface area contributed by atoms with Crippen molar-refractivity contribution in [3.63, 3.8) is 0 Å². The summed E-state index contributed by atoms with van der Waals surface area (Å²) in [5.74, 6) is -0.321. The third kappa shape index (κ3) is 6.58. The molecule has 1 aromatic carbocycles. The maximum atomic E-state index is 11.1. The number of aliphatic carboxylic acids is 1. The zero-order valence-corrected chi connectivity index (χ0v) is 13.1. The molecule has 4 nitrogen and oxygen atoms in total. The van der Waals surface area contributed by atoms with Crippen LogP contribution in [0.5, 0.6) is 5.75 Å². The number of hydrogen-bond acceptors (Lipinski definition) is 3. The smallest absolute Gasteiger partial charge is 0.321 e. The molecule has 0 heterocycles. The van der Waals surface area contributed by atoms with Gasteiger partial charge in [-0.05, 0) is 31.9 Å². The fraction of sp³-hybridized carbons (Fsp3) is 0.385. The molecule has 1 aromatic rings. The van der Waals surface area contributed by atoms with Crippen molar-refractivity contribution in [2.45, 2.75) is 27.7 Å². The largest absolute Gasteiger partial charge is 0.481 e. The van der Waals surface area contributed by atoms with Crippen LogP contribution in [0.4, 0.5) is 0 Å². The van der Waals surface area contributed by atoms with E-state index in [-0.39, 0.29) is 5.97 Å². The van der Waals surface area contributed by atoms with Crippen molar-refractivity contribution < 1.29 is 19.4 Å². The molecular formula is C13H17IO4. The Morgan fingerprint density at radius 2 is 1.61 bits per heavy atom. The number of halogens is 1. The van der Waals surface area contributed by atoms with Crippen LogP contribution < -0.4 is 4.74 Å². The summed E-state index contributed by atoms with van der Waals surface area (Å²) in [7, 11) is 0. The first kappa shape index (κ1) is 16.9. The van der Waals surface area contributed by atoms with Crippen LogP contribution in [0.15, 0.2) is 12.1 Å². The summed E-state index contributed by atoms with van der Waals surface area (Å²) in [4.78, 5) is 20.1. The average Bonchev–Trinajstić information content (AvgIpc) is 2.22. The number of ether oxygens (including phenoxy) is 1. The Kier molecular flexibility index (Phi) is 7.58. The number of benzene rings is 1. The first-order valence-electron chi connectivity index (χ1n) is 5.32. The third-order valence-electron chi connectivity index (χ3n) is 1.93. The molecule has 0 radical (unpaired) electrons. The van der Waals surface area contributed by atoms with E-state index in [1.807, 2.05) is 55.5 Å². The van der Waals surface area contributed by atoms with Gasteiger partial charge in [0.05, 0.1) is 4.43 Å². The quantitative estimate of drug-likeness (QED) is 0.379. The Morgan fingerprint density at radius 3 is 1.94 bits per heavy atom. The number of rotatable bonds is 2. The summed E-state index contributed by atoms with van der Waals surface area (Å²) >= 11 is 2.00. The molecule has 0 aliphatic carbocycles. The molecule has 0 bridgehead atoms. The Labute approximate surface area is 120 Å².